The first-order chi connectivity index (χ1) is 12.6. The van der Waals surface area contributed by atoms with Gasteiger partial charge in [-0.3, -0.25) is 9.59 Å². The fourth-order valence-electron chi connectivity index (χ4n) is 3.81. The molecule has 2 aliphatic rings. The monoisotopic (exact) mass is 381 g/mol. The van der Waals surface area contributed by atoms with Crippen LogP contribution in [0.5, 0.6) is 0 Å². The van der Waals surface area contributed by atoms with Crippen molar-refractivity contribution in [3.63, 3.8) is 0 Å². The van der Waals surface area contributed by atoms with Crippen molar-refractivity contribution < 1.29 is 19.1 Å². The van der Waals surface area contributed by atoms with Crippen LogP contribution in [-0.2, 0) is 14.3 Å². The Morgan fingerprint density at radius 3 is 2.22 bits per heavy atom. The topological polar surface area (TPSA) is 79.0 Å². The molecule has 2 aliphatic heterocycles. The first-order valence-electron chi connectivity index (χ1n) is 10.1. The molecule has 7 heteroatoms. The number of nitrogens with zero attached hydrogens (tertiary/aromatic N) is 2. The van der Waals surface area contributed by atoms with Gasteiger partial charge in [0.05, 0.1) is 0 Å². The van der Waals surface area contributed by atoms with E-state index in [4.69, 9.17) is 4.74 Å². The lowest BCUT2D eigenvalue weighted by Gasteiger charge is -2.37. The first kappa shape index (κ1) is 21.5. The van der Waals surface area contributed by atoms with E-state index in [1.54, 1.807) is 32.6 Å². The fourth-order valence-corrected chi connectivity index (χ4v) is 3.81. The zero-order chi connectivity index (χ0) is 20.2. The maximum Gasteiger partial charge on any atom is 0.408 e. The Labute approximate surface area is 162 Å². The summed E-state index contributed by atoms with van der Waals surface area (Å²) < 4.78 is 5.20. The standard InChI is InChI=1S/C20H35N3O4/c1-14-7-6-10-23(13-14)18(25)16-8-11-22(12-9-16)17(24)15(2)21-19(26)27-20(3,4)5/h14-16H,6-13H2,1-5H3,(H,21,26)/t14?,15-/m1/s1. The summed E-state index contributed by atoms with van der Waals surface area (Å²) >= 11 is 0. The Morgan fingerprint density at radius 1 is 1.04 bits per heavy atom. The Kier molecular flexibility index (Phi) is 7.12. The van der Waals surface area contributed by atoms with Gasteiger partial charge in [0.1, 0.15) is 11.6 Å². The van der Waals surface area contributed by atoms with E-state index in [1.807, 2.05) is 4.90 Å². The highest BCUT2D eigenvalue weighted by Gasteiger charge is 2.33. The zero-order valence-corrected chi connectivity index (χ0v) is 17.4. The van der Waals surface area contributed by atoms with Crippen LogP contribution in [0.15, 0.2) is 0 Å². The lowest BCUT2D eigenvalue weighted by atomic mass is 9.92. The van der Waals surface area contributed by atoms with Crippen molar-refractivity contribution in [2.24, 2.45) is 11.8 Å². The fraction of sp³-hybridized carbons (Fsp3) is 0.850. The van der Waals surface area contributed by atoms with Gasteiger partial charge in [0.2, 0.25) is 11.8 Å². The molecule has 7 nitrogen and oxygen atoms in total. The van der Waals surface area contributed by atoms with Crippen LogP contribution in [0.2, 0.25) is 0 Å². The van der Waals surface area contributed by atoms with Crippen LogP contribution < -0.4 is 5.32 Å². The highest BCUT2D eigenvalue weighted by Crippen LogP contribution is 2.24. The molecule has 0 bridgehead atoms. The van der Waals surface area contributed by atoms with Crippen LogP contribution >= 0.6 is 0 Å². The summed E-state index contributed by atoms with van der Waals surface area (Å²) in [6.07, 6.45) is 3.06. The number of likely N-dealkylation sites (tertiary alicyclic amines) is 2. The smallest absolute Gasteiger partial charge is 0.408 e. The van der Waals surface area contributed by atoms with Crippen LogP contribution in [-0.4, -0.2) is 65.5 Å². The van der Waals surface area contributed by atoms with Gasteiger partial charge in [-0.2, -0.15) is 0 Å². The average Bonchev–Trinajstić information content (AvgIpc) is 2.59. The summed E-state index contributed by atoms with van der Waals surface area (Å²) in [5, 5.41) is 2.60. The Balaban J connectivity index is 1.79. The molecule has 27 heavy (non-hydrogen) atoms. The molecule has 0 saturated carbocycles. The number of rotatable bonds is 3. The summed E-state index contributed by atoms with van der Waals surface area (Å²) in [5.41, 5.74) is -0.600. The van der Waals surface area contributed by atoms with Crippen molar-refractivity contribution in [1.29, 1.82) is 0 Å². The van der Waals surface area contributed by atoms with E-state index >= 15 is 0 Å². The third kappa shape index (κ3) is 6.40. The van der Waals surface area contributed by atoms with Gasteiger partial charge in [0.25, 0.3) is 0 Å². The molecule has 2 atom stereocenters. The second-order valence-corrected chi connectivity index (χ2v) is 9.00. The molecule has 154 valence electrons. The molecule has 0 aromatic rings. The highest BCUT2D eigenvalue weighted by atomic mass is 16.6. The number of carbonyl (C=O) groups is 3. The summed E-state index contributed by atoms with van der Waals surface area (Å²) in [5.74, 6) is 0.699. The van der Waals surface area contributed by atoms with Gasteiger partial charge in [-0.05, 0) is 59.3 Å². The van der Waals surface area contributed by atoms with Crippen LogP contribution in [0.1, 0.15) is 60.3 Å². The molecule has 3 amide bonds. The van der Waals surface area contributed by atoms with Crippen molar-refractivity contribution in [3.05, 3.63) is 0 Å². The minimum Gasteiger partial charge on any atom is -0.444 e. The Bertz CT molecular complexity index is 550. The van der Waals surface area contributed by atoms with Crippen LogP contribution in [0, 0.1) is 11.8 Å². The SMILES string of the molecule is CC1CCCN(C(=O)C2CCN(C(=O)[C@@H](C)NC(=O)OC(C)(C)C)CC2)C1. The number of hydrogen-bond donors (Lipinski definition) is 1. The van der Waals surface area contributed by atoms with E-state index in [0.717, 1.165) is 19.5 Å². The van der Waals surface area contributed by atoms with Gasteiger partial charge in [-0.15, -0.1) is 0 Å². The first-order valence-corrected chi connectivity index (χ1v) is 10.1. The lowest BCUT2D eigenvalue weighted by Crippen LogP contribution is -2.52. The largest absolute Gasteiger partial charge is 0.444 e. The van der Waals surface area contributed by atoms with Crippen LogP contribution in [0.3, 0.4) is 0 Å². The number of hydrogen-bond acceptors (Lipinski definition) is 4. The summed E-state index contributed by atoms with van der Waals surface area (Å²) in [6.45, 7) is 12.0. The maximum atomic E-state index is 12.7. The van der Waals surface area contributed by atoms with E-state index in [-0.39, 0.29) is 17.7 Å². The molecular weight excluding hydrogens is 346 g/mol. The van der Waals surface area contributed by atoms with Gasteiger partial charge in [0.15, 0.2) is 0 Å². The highest BCUT2D eigenvalue weighted by molar-refractivity contribution is 5.86. The molecule has 0 aromatic carbocycles. The number of nitrogens with one attached hydrogen (secondary N) is 1. The molecule has 0 aliphatic carbocycles. The van der Waals surface area contributed by atoms with E-state index < -0.39 is 17.7 Å². The average molecular weight is 382 g/mol. The summed E-state index contributed by atoms with van der Waals surface area (Å²) in [7, 11) is 0. The summed E-state index contributed by atoms with van der Waals surface area (Å²) in [4.78, 5) is 40.9. The molecule has 0 radical (unpaired) electrons. The second kappa shape index (κ2) is 8.93. The van der Waals surface area contributed by atoms with Gasteiger partial charge in [-0.25, -0.2) is 4.79 Å². The lowest BCUT2D eigenvalue weighted by molar-refractivity contribution is -0.142. The van der Waals surface area contributed by atoms with Crippen molar-refractivity contribution in [2.75, 3.05) is 26.2 Å². The maximum absolute atomic E-state index is 12.7. The Morgan fingerprint density at radius 2 is 1.67 bits per heavy atom. The van der Waals surface area contributed by atoms with E-state index in [9.17, 15) is 14.4 Å². The van der Waals surface area contributed by atoms with Gasteiger partial charge in [0, 0.05) is 32.1 Å². The molecular formula is C20H35N3O4. The summed E-state index contributed by atoms with van der Waals surface area (Å²) in [6, 6.07) is -0.643. The molecule has 2 rings (SSSR count). The number of piperidine rings is 2. The van der Waals surface area contributed by atoms with Crippen molar-refractivity contribution >= 4 is 17.9 Å². The molecule has 0 spiro atoms. The second-order valence-electron chi connectivity index (χ2n) is 9.00. The number of carbonyl (C=O) groups excluding carboxylic acids is 3. The minimum atomic E-state index is -0.643. The quantitative estimate of drug-likeness (QED) is 0.814. The number of ether oxygens (including phenoxy) is 1. The third-order valence-corrected chi connectivity index (χ3v) is 5.23. The van der Waals surface area contributed by atoms with Crippen LogP contribution in [0.4, 0.5) is 4.79 Å². The Hall–Kier alpha value is -1.79. The zero-order valence-electron chi connectivity index (χ0n) is 17.4. The normalized spacial score (nSPS) is 22.9. The predicted octanol–water partition coefficient (Wildman–Crippen LogP) is 2.40. The van der Waals surface area contributed by atoms with Gasteiger partial charge < -0.3 is 19.9 Å². The molecule has 2 heterocycles. The van der Waals surface area contributed by atoms with E-state index in [0.29, 0.717) is 31.8 Å². The molecule has 0 aromatic heterocycles. The van der Waals surface area contributed by atoms with E-state index in [1.165, 1.54) is 6.42 Å². The van der Waals surface area contributed by atoms with Gasteiger partial charge >= 0.3 is 6.09 Å². The predicted molar refractivity (Wildman–Crippen MR) is 103 cm³/mol. The number of amides is 3. The van der Waals surface area contributed by atoms with Crippen molar-refractivity contribution in [1.82, 2.24) is 15.1 Å². The molecule has 1 N–H and O–H groups in total. The van der Waals surface area contributed by atoms with Crippen molar-refractivity contribution in [3.8, 4) is 0 Å². The third-order valence-electron chi connectivity index (χ3n) is 5.23. The molecule has 2 saturated heterocycles. The minimum absolute atomic E-state index is 0.00784. The van der Waals surface area contributed by atoms with E-state index in [2.05, 4.69) is 12.2 Å². The van der Waals surface area contributed by atoms with Gasteiger partial charge in [-0.1, -0.05) is 6.92 Å². The van der Waals surface area contributed by atoms with Crippen LogP contribution in [0.25, 0.3) is 0 Å². The van der Waals surface area contributed by atoms with Crippen molar-refractivity contribution in [2.45, 2.75) is 71.9 Å². The number of alkyl carbamates (subject to hydrolysis) is 1. The molecule has 2 fully saturated rings. The molecule has 1 unspecified atom stereocenters.